The van der Waals surface area contributed by atoms with Crippen LogP contribution in [0.3, 0.4) is 0 Å². The Labute approximate surface area is 117 Å². The summed E-state index contributed by atoms with van der Waals surface area (Å²) in [5, 5.41) is 0. The van der Waals surface area contributed by atoms with Gasteiger partial charge in [0, 0.05) is 19.2 Å². The van der Waals surface area contributed by atoms with Crippen LogP contribution in [-0.2, 0) is 14.8 Å². The molecule has 5 nitrogen and oxygen atoms in total. The fourth-order valence-corrected chi connectivity index (χ4v) is 2.55. The Morgan fingerprint density at radius 3 is 2.74 bits per heavy atom. The molecule has 0 aliphatic carbocycles. The van der Waals surface area contributed by atoms with E-state index in [0.29, 0.717) is 0 Å². The maximum absolute atomic E-state index is 13.4. The number of benzene rings is 1. The van der Waals surface area contributed by atoms with Gasteiger partial charge in [-0.05, 0) is 25.1 Å². The Bertz CT molecular complexity index is 575. The summed E-state index contributed by atoms with van der Waals surface area (Å²) in [4.78, 5) is -0.292. The molecule has 0 heterocycles. The summed E-state index contributed by atoms with van der Waals surface area (Å²) in [6, 6.07) is 3.27. The van der Waals surface area contributed by atoms with Crippen molar-refractivity contribution in [3.05, 3.63) is 29.6 Å². The largest absolute Gasteiger partial charge is 0.389 e. The second-order valence-electron chi connectivity index (χ2n) is 3.90. The molecule has 8 heteroatoms. The SMILES string of the molecule is COC(C)CNS(=O)(=O)c1ccc(F)c(C(N)=S)c1. The molecule has 1 aromatic rings. The average Bonchev–Trinajstić information content (AvgIpc) is 2.35. The van der Waals surface area contributed by atoms with Crippen molar-refractivity contribution < 1.29 is 17.5 Å². The highest BCUT2D eigenvalue weighted by Gasteiger charge is 2.17. The number of sulfonamides is 1. The van der Waals surface area contributed by atoms with Crippen LogP contribution in [0.2, 0.25) is 0 Å². The van der Waals surface area contributed by atoms with Crippen LogP contribution in [0.25, 0.3) is 0 Å². The van der Waals surface area contributed by atoms with Crippen LogP contribution in [0, 0.1) is 5.82 Å². The van der Waals surface area contributed by atoms with Crippen molar-refractivity contribution in [2.24, 2.45) is 5.73 Å². The highest BCUT2D eigenvalue weighted by atomic mass is 32.2. The minimum absolute atomic E-state index is 0.0972. The lowest BCUT2D eigenvalue weighted by atomic mass is 10.2. The first-order valence-electron chi connectivity index (χ1n) is 5.39. The lowest BCUT2D eigenvalue weighted by Crippen LogP contribution is -2.31. The molecule has 0 fully saturated rings. The van der Waals surface area contributed by atoms with Crippen molar-refractivity contribution in [3.8, 4) is 0 Å². The lowest BCUT2D eigenvalue weighted by molar-refractivity contribution is 0.122. The summed E-state index contributed by atoms with van der Waals surface area (Å²) in [6.45, 7) is 1.83. The maximum Gasteiger partial charge on any atom is 0.240 e. The van der Waals surface area contributed by atoms with E-state index in [4.69, 9.17) is 10.5 Å². The molecule has 0 bridgehead atoms. The summed E-state index contributed by atoms with van der Waals surface area (Å²) >= 11 is 4.66. The zero-order valence-electron chi connectivity index (χ0n) is 10.5. The minimum Gasteiger partial charge on any atom is -0.389 e. The first-order chi connectivity index (χ1) is 8.77. The molecule has 0 aliphatic rings. The van der Waals surface area contributed by atoms with Crippen molar-refractivity contribution in [2.75, 3.05) is 13.7 Å². The van der Waals surface area contributed by atoms with Gasteiger partial charge in [0.05, 0.1) is 11.0 Å². The van der Waals surface area contributed by atoms with Crippen molar-refractivity contribution in [2.45, 2.75) is 17.9 Å². The van der Waals surface area contributed by atoms with Gasteiger partial charge in [0.1, 0.15) is 10.8 Å². The van der Waals surface area contributed by atoms with Gasteiger partial charge >= 0.3 is 0 Å². The second-order valence-corrected chi connectivity index (χ2v) is 6.11. The van der Waals surface area contributed by atoms with Gasteiger partial charge in [-0.1, -0.05) is 12.2 Å². The zero-order chi connectivity index (χ0) is 14.6. The molecule has 1 atom stereocenters. The van der Waals surface area contributed by atoms with E-state index in [9.17, 15) is 12.8 Å². The highest BCUT2D eigenvalue weighted by Crippen LogP contribution is 2.15. The monoisotopic (exact) mass is 306 g/mol. The van der Waals surface area contributed by atoms with Crippen LogP contribution < -0.4 is 10.5 Å². The van der Waals surface area contributed by atoms with Crippen molar-refractivity contribution in [1.82, 2.24) is 4.72 Å². The molecule has 19 heavy (non-hydrogen) atoms. The molecular formula is C11H15FN2O3S2. The van der Waals surface area contributed by atoms with E-state index in [-0.39, 0.29) is 28.1 Å². The van der Waals surface area contributed by atoms with Crippen molar-refractivity contribution >= 4 is 27.2 Å². The number of nitrogens with two attached hydrogens (primary N) is 1. The molecule has 0 spiro atoms. The number of thiocarbonyl (C=S) groups is 1. The van der Waals surface area contributed by atoms with E-state index in [2.05, 4.69) is 16.9 Å². The van der Waals surface area contributed by atoms with E-state index >= 15 is 0 Å². The third-order valence-electron chi connectivity index (χ3n) is 2.48. The number of hydrogen-bond acceptors (Lipinski definition) is 4. The van der Waals surface area contributed by atoms with Crippen LogP contribution >= 0.6 is 12.2 Å². The molecule has 1 rings (SSSR count). The number of nitrogens with one attached hydrogen (secondary N) is 1. The highest BCUT2D eigenvalue weighted by molar-refractivity contribution is 7.89. The average molecular weight is 306 g/mol. The van der Waals surface area contributed by atoms with Gasteiger partial charge in [-0.2, -0.15) is 0 Å². The number of methoxy groups -OCH3 is 1. The van der Waals surface area contributed by atoms with Gasteiger partial charge in [-0.3, -0.25) is 0 Å². The predicted molar refractivity (Wildman–Crippen MR) is 73.9 cm³/mol. The Morgan fingerprint density at radius 2 is 2.21 bits per heavy atom. The van der Waals surface area contributed by atoms with Gasteiger partial charge in [0.2, 0.25) is 10.0 Å². The van der Waals surface area contributed by atoms with Gasteiger partial charge in [0.15, 0.2) is 0 Å². The predicted octanol–water partition coefficient (Wildman–Crippen LogP) is 0.773. The van der Waals surface area contributed by atoms with Gasteiger partial charge in [-0.15, -0.1) is 0 Å². The van der Waals surface area contributed by atoms with Gasteiger partial charge < -0.3 is 10.5 Å². The summed E-state index contributed by atoms with van der Waals surface area (Å²) < 4.78 is 44.6. The molecule has 0 saturated heterocycles. The third kappa shape index (κ3) is 4.20. The topological polar surface area (TPSA) is 81.4 Å². The Morgan fingerprint density at radius 1 is 1.58 bits per heavy atom. The molecule has 0 amide bonds. The van der Waals surface area contributed by atoms with E-state index < -0.39 is 15.8 Å². The molecular weight excluding hydrogens is 291 g/mol. The smallest absolute Gasteiger partial charge is 0.240 e. The van der Waals surface area contributed by atoms with Crippen molar-refractivity contribution in [3.63, 3.8) is 0 Å². The normalized spacial score (nSPS) is 13.2. The number of ether oxygens (including phenoxy) is 1. The van der Waals surface area contributed by atoms with E-state index in [1.54, 1.807) is 6.92 Å². The Hall–Kier alpha value is -1.09. The first-order valence-corrected chi connectivity index (χ1v) is 7.29. The zero-order valence-corrected chi connectivity index (χ0v) is 12.1. The van der Waals surface area contributed by atoms with Gasteiger partial charge in [-0.25, -0.2) is 17.5 Å². The lowest BCUT2D eigenvalue weighted by Gasteiger charge is -2.12. The fraction of sp³-hybridized carbons (Fsp3) is 0.364. The fourth-order valence-electron chi connectivity index (χ4n) is 1.25. The van der Waals surface area contributed by atoms with Gasteiger partial charge in [0.25, 0.3) is 0 Å². The van der Waals surface area contributed by atoms with Crippen LogP contribution in [0.5, 0.6) is 0 Å². The summed E-state index contributed by atoms with van der Waals surface area (Å²) in [5.74, 6) is -0.656. The number of rotatable bonds is 6. The van der Waals surface area contributed by atoms with Crippen LogP contribution in [0.4, 0.5) is 4.39 Å². The van der Waals surface area contributed by atoms with E-state index in [1.807, 2.05) is 0 Å². The summed E-state index contributed by atoms with van der Waals surface area (Å²) in [6.07, 6.45) is -0.273. The minimum atomic E-state index is -3.75. The third-order valence-corrected chi connectivity index (χ3v) is 4.12. The molecule has 0 saturated carbocycles. The maximum atomic E-state index is 13.4. The van der Waals surface area contributed by atoms with Crippen LogP contribution in [-0.4, -0.2) is 33.2 Å². The first kappa shape index (κ1) is 16.0. The second kappa shape index (κ2) is 6.38. The van der Waals surface area contributed by atoms with E-state index in [1.165, 1.54) is 7.11 Å². The van der Waals surface area contributed by atoms with Crippen LogP contribution in [0.1, 0.15) is 12.5 Å². The molecule has 1 aromatic carbocycles. The number of halogens is 1. The Balaban J connectivity index is 3.02. The quantitative estimate of drug-likeness (QED) is 0.759. The summed E-state index contributed by atoms with van der Waals surface area (Å²) in [7, 11) is -2.28. The molecule has 0 radical (unpaired) electrons. The molecule has 0 aliphatic heterocycles. The number of hydrogen-bond donors (Lipinski definition) is 2. The molecule has 3 N–H and O–H groups in total. The Kier molecular flexibility index (Phi) is 5.36. The van der Waals surface area contributed by atoms with Crippen LogP contribution in [0.15, 0.2) is 23.1 Å². The van der Waals surface area contributed by atoms with E-state index in [0.717, 1.165) is 18.2 Å². The summed E-state index contributed by atoms with van der Waals surface area (Å²) in [5.41, 5.74) is 5.23. The molecule has 1 unspecified atom stereocenters. The standard InChI is InChI=1S/C11H15FN2O3S2/c1-7(17-2)6-14-19(15,16)8-3-4-10(12)9(5-8)11(13)18/h3-5,7,14H,6H2,1-2H3,(H2,13,18). The van der Waals surface area contributed by atoms with Crippen molar-refractivity contribution in [1.29, 1.82) is 0 Å². The molecule has 106 valence electrons. The molecule has 0 aromatic heterocycles.